The molecule has 1 saturated carbocycles. The van der Waals surface area contributed by atoms with Gasteiger partial charge in [0.1, 0.15) is 5.82 Å². The van der Waals surface area contributed by atoms with E-state index in [2.05, 4.69) is 39.2 Å². The molecule has 4 rings (SSSR count). The lowest BCUT2D eigenvalue weighted by atomic mass is 9.95. The number of aromatic nitrogens is 3. The minimum absolute atomic E-state index is 0.234. The van der Waals surface area contributed by atoms with Gasteiger partial charge in [-0.1, -0.05) is 49.3 Å². The van der Waals surface area contributed by atoms with Gasteiger partial charge in [0, 0.05) is 28.4 Å². The number of nitrogens with zero attached hydrogens (tertiary/aromatic N) is 3. The number of rotatable bonds is 8. The fourth-order valence-corrected chi connectivity index (χ4v) is 4.79. The molecule has 32 heavy (non-hydrogen) atoms. The number of ether oxygens (including phenoxy) is 1. The summed E-state index contributed by atoms with van der Waals surface area (Å²) in [6.45, 7) is 6.19. The van der Waals surface area contributed by atoms with Gasteiger partial charge in [-0.05, 0) is 37.5 Å². The second kappa shape index (κ2) is 9.54. The Kier molecular flexibility index (Phi) is 6.76. The molecule has 8 nitrogen and oxygen atoms in total. The van der Waals surface area contributed by atoms with Gasteiger partial charge in [-0.2, -0.15) is 0 Å². The number of esters is 1. The normalized spacial score (nSPS) is 18.5. The van der Waals surface area contributed by atoms with Crippen LogP contribution in [0.25, 0.3) is 0 Å². The van der Waals surface area contributed by atoms with Crippen LogP contribution in [0.2, 0.25) is 5.02 Å². The maximum Gasteiger partial charge on any atom is 0.338 e. The molecule has 2 aromatic rings. The Labute approximate surface area is 196 Å². The monoisotopic (exact) mass is 475 g/mol. The van der Waals surface area contributed by atoms with Gasteiger partial charge in [-0.3, -0.25) is 0 Å². The van der Waals surface area contributed by atoms with E-state index in [1.54, 1.807) is 31.2 Å². The molecule has 2 aliphatic rings. The number of hydrogen-bond donors (Lipinski definition) is 2. The molecule has 1 aromatic heterocycles. The smallest absolute Gasteiger partial charge is 0.338 e. The van der Waals surface area contributed by atoms with Crippen molar-refractivity contribution in [2.45, 2.75) is 56.8 Å². The van der Waals surface area contributed by atoms with E-state index in [1.807, 2.05) is 0 Å². The summed E-state index contributed by atoms with van der Waals surface area (Å²) >= 11 is 7.48. The molecule has 1 aliphatic carbocycles. The van der Waals surface area contributed by atoms with E-state index in [0.717, 1.165) is 29.4 Å². The number of carbonyl (C=O) groups excluding carboxylic acids is 2. The molecule has 170 valence electrons. The van der Waals surface area contributed by atoms with Crippen LogP contribution in [0.4, 0.5) is 4.79 Å². The Morgan fingerprint density at radius 3 is 2.62 bits per heavy atom. The fourth-order valence-electron chi connectivity index (χ4n) is 3.68. The van der Waals surface area contributed by atoms with Crippen LogP contribution in [0.3, 0.4) is 0 Å². The summed E-state index contributed by atoms with van der Waals surface area (Å²) in [5.74, 6) is 1.11. The average molecular weight is 476 g/mol. The Morgan fingerprint density at radius 2 is 2.00 bits per heavy atom. The number of halogens is 1. The summed E-state index contributed by atoms with van der Waals surface area (Å²) in [7, 11) is 0. The van der Waals surface area contributed by atoms with Gasteiger partial charge in [-0.25, -0.2) is 9.59 Å². The summed E-state index contributed by atoms with van der Waals surface area (Å²) in [5.41, 5.74) is 1.63. The molecule has 10 heteroatoms. The van der Waals surface area contributed by atoms with Crippen molar-refractivity contribution in [3.05, 3.63) is 51.9 Å². The zero-order valence-electron chi connectivity index (χ0n) is 18.2. The maximum atomic E-state index is 12.9. The Morgan fingerprint density at radius 1 is 1.28 bits per heavy atom. The number of urea groups is 1. The number of amides is 2. The highest BCUT2D eigenvalue weighted by atomic mass is 35.5. The first kappa shape index (κ1) is 22.7. The van der Waals surface area contributed by atoms with Crippen molar-refractivity contribution in [1.82, 2.24) is 25.4 Å². The summed E-state index contributed by atoms with van der Waals surface area (Å²) in [4.78, 5) is 25.4. The lowest BCUT2D eigenvalue weighted by Crippen LogP contribution is -2.46. The SMILES string of the molecule is CCOC(=O)C1=C(CSc2nnc(C(C)C)n2C2CC2)NC(=O)NC1c1ccc(Cl)cc1. The van der Waals surface area contributed by atoms with Gasteiger partial charge < -0.3 is 19.9 Å². The summed E-state index contributed by atoms with van der Waals surface area (Å²) < 4.78 is 7.52. The molecule has 1 aromatic carbocycles. The van der Waals surface area contributed by atoms with Crippen LogP contribution in [0.15, 0.2) is 40.7 Å². The lowest BCUT2D eigenvalue weighted by molar-refractivity contribution is -0.139. The fraction of sp³-hybridized carbons (Fsp3) is 0.455. The van der Waals surface area contributed by atoms with Crippen molar-refractivity contribution in [2.75, 3.05) is 12.4 Å². The van der Waals surface area contributed by atoms with Crippen molar-refractivity contribution in [2.24, 2.45) is 0 Å². The van der Waals surface area contributed by atoms with Crippen LogP contribution in [0.5, 0.6) is 0 Å². The van der Waals surface area contributed by atoms with Crippen molar-refractivity contribution in [1.29, 1.82) is 0 Å². The van der Waals surface area contributed by atoms with Crippen LogP contribution in [-0.4, -0.2) is 39.1 Å². The van der Waals surface area contributed by atoms with Crippen LogP contribution >= 0.6 is 23.4 Å². The van der Waals surface area contributed by atoms with E-state index in [1.165, 1.54) is 11.8 Å². The standard InChI is InChI=1S/C22H26ClN5O3S/c1-4-31-20(29)17-16(24-21(30)25-18(17)13-5-7-14(23)8-6-13)11-32-22-27-26-19(12(2)3)28(22)15-9-10-15/h5-8,12,15,18H,4,9-11H2,1-3H3,(H2,24,25,30). The molecule has 0 radical (unpaired) electrons. The van der Waals surface area contributed by atoms with Crippen molar-refractivity contribution in [3.63, 3.8) is 0 Å². The van der Waals surface area contributed by atoms with Crippen molar-refractivity contribution >= 4 is 35.4 Å². The van der Waals surface area contributed by atoms with E-state index in [-0.39, 0.29) is 18.6 Å². The molecule has 1 atom stereocenters. The number of benzene rings is 1. The van der Waals surface area contributed by atoms with Crippen LogP contribution in [0.1, 0.15) is 63.0 Å². The first-order valence-corrected chi connectivity index (χ1v) is 12.1. The van der Waals surface area contributed by atoms with Gasteiger partial charge >= 0.3 is 12.0 Å². The molecule has 0 bridgehead atoms. The van der Waals surface area contributed by atoms with E-state index < -0.39 is 12.0 Å². The quantitative estimate of drug-likeness (QED) is 0.435. The van der Waals surface area contributed by atoms with Gasteiger partial charge in [-0.15, -0.1) is 10.2 Å². The largest absolute Gasteiger partial charge is 0.463 e. The predicted octanol–water partition coefficient (Wildman–Crippen LogP) is 4.35. The lowest BCUT2D eigenvalue weighted by Gasteiger charge is -2.29. The topological polar surface area (TPSA) is 98.1 Å². The first-order valence-electron chi connectivity index (χ1n) is 10.7. The van der Waals surface area contributed by atoms with Crippen LogP contribution in [-0.2, 0) is 9.53 Å². The van der Waals surface area contributed by atoms with Gasteiger partial charge in [0.05, 0.1) is 18.2 Å². The van der Waals surface area contributed by atoms with Crippen LogP contribution < -0.4 is 10.6 Å². The highest BCUT2D eigenvalue weighted by molar-refractivity contribution is 7.99. The Balaban J connectivity index is 1.67. The predicted molar refractivity (Wildman–Crippen MR) is 123 cm³/mol. The summed E-state index contributed by atoms with van der Waals surface area (Å²) in [6, 6.07) is 6.46. The molecule has 1 fully saturated rings. The second-order valence-corrected chi connectivity index (χ2v) is 9.46. The Hall–Kier alpha value is -2.52. The van der Waals surface area contributed by atoms with E-state index in [0.29, 0.717) is 28.1 Å². The first-order chi connectivity index (χ1) is 15.4. The number of nitrogens with one attached hydrogen (secondary N) is 2. The molecule has 2 heterocycles. The van der Waals surface area contributed by atoms with Crippen LogP contribution in [0, 0.1) is 0 Å². The number of thioether (sulfide) groups is 1. The summed E-state index contributed by atoms with van der Waals surface area (Å²) in [5, 5.41) is 15.8. The van der Waals surface area contributed by atoms with Gasteiger partial charge in [0.25, 0.3) is 0 Å². The minimum atomic E-state index is -0.636. The molecular formula is C22H26ClN5O3S. The third-order valence-electron chi connectivity index (χ3n) is 5.32. The van der Waals surface area contributed by atoms with E-state index in [4.69, 9.17) is 16.3 Å². The molecule has 1 unspecified atom stereocenters. The number of carbonyl (C=O) groups is 2. The molecule has 1 aliphatic heterocycles. The maximum absolute atomic E-state index is 12.9. The molecule has 0 spiro atoms. The number of hydrogen-bond acceptors (Lipinski definition) is 6. The Bertz CT molecular complexity index is 1050. The second-order valence-electron chi connectivity index (χ2n) is 8.08. The molecule has 2 N–H and O–H groups in total. The van der Waals surface area contributed by atoms with Crippen molar-refractivity contribution < 1.29 is 14.3 Å². The third kappa shape index (κ3) is 4.78. The van der Waals surface area contributed by atoms with E-state index >= 15 is 0 Å². The minimum Gasteiger partial charge on any atom is -0.463 e. The highest BCUT2D eigenvalue weighted by Gasteiger charge is 2.35. The van der Waals surface area contributed by atoms with E-state index in [9.17, 15) is 9.59 Å². The van der Waals surface area contributed by atoms with Gasteiger partial charge in [0.15, 0.2) is 5.16 Å². The molecule has 2 amide bonds. The molecular weight excluding hydrogens is 450 g/mol. The average Bonchev–Trinajstić information content (AvgIpc) is 3.50. The van der Waals surface area contributed by atoms with Gasteiger partial charge in [0.2, 0.25) is 0 Å². The van der Waals surface area contributed by atoms with Crippen molar-refractivity contribution in [3.8, 4) is 0 Å². The summed E-state index contributed by atoms with van der Waals surface area (Å²) in [6.07, 6.45) is 2.22. The zero-order valence-corrected chi connectivity index (χ0v) is 19.8. The highest BCUT2D eigenvalue weighted by Crippen LogP contribution is 2.40. The third-order valence-corrected chi connectivity index (χ3v) is 6.54. The molecule has 0 saturated heterocycles. The zero-order chi connectivity index (χ0) is 22.8.